The monoisotopic (exact) mass is 252 g/mol. The molecule has 90 valence electrons. The van der Waals surface area contributed by atoms with Gasteiger partial charge in [0.15, 0.2) is 0 Å². The largest absolute Gasteiger partial charge is 0.497 e. The van der Waals surface area contributed by atoms with E-state index in [-0.39, 0.29) is 6.61 Å². The molecule has 0 unspecified atom stereocenters. The molecule has 17 heavy (non-hydrogen) atoms. The van der Waals surface area contributed by atoms with Crippen LogP contribution in [0.4, 0.5) is 0 Å². The highest BCUT2D eigenvalue weighted by Crippen LogP contribution is 2.28. The molecule has 5 heteroatoms. The summed E-state index contributed by atoms with van der Waals surface area (Å²) in [5.74, 6) is 1.43. The first kappa shape index (κ1) is 12.0. The number of aliphatic hydroxyl groups excluding tert-OH is 1. The van der Waals surface area contributed by atoms with Crippen molar-refractivity contribution in [3.63, 3.8) is 0 Å². The van der Waals surface area contributed by atoms with Gasteiger partial charge in [-0.2, -0.15) is 0 Å². The molecule has 0 saturated carbocycles. The number of imidazole rings is 1. The number of hydrogen-bond acceptors (Lipinski definition) is 3. The van der Waals surface area contributed by atoms with Crippen LogP contribution in [0.1, 0.15) is 5.82 Å². The van der Waals surface area contributed by atoms with Crippen molar-refractivity contribution < 1.29 is 9.84 Å². The maximum atomic E-state index is 8.85. The molecular formula is C12H13ClN2O2. The third-order valence-corrected chi connectivity index (χ3v) is 2.67. The number of aliphatic hydroxyl groups is 1. The van der Waals surface area contributed by atoms with Gasteiger partial charge in [-0.1, -0.05) is 23.7 Å². The highest BCUT2D eigenvalue weighted by molar-refractivity contribution is 6.31. The van der Waals surface area contributed by atoms with Crippen molar-refractivity contribution in [2.75, 3.05) is 13.7 Å². The third kappa shape index (κ3) is 2.60. The van der Waals surface area contributed by atoms with E-state index in [4.69, 9.17) is 21.4 Å². The van der Waals surface area contributed by atoms with Gasteiger partial charge in [0.25, 0.3) is 0 Å². The Hall–Kier alpha value is -1.52. The predicted octanol–water partition coefficient (Wildman–Crippen LogP) is 2.27. The van der Waals surface area contributed by atoms with E-state index in [1.54, 1.807) is 7.11 Å². The molecule has 2 N–H and O–H groups in total. The third-order valence-electron chi connectivity index (χ3n) is 2.40. The minimum absolute atomic E-state index is 0.0430. The summed E-state index contributed by atoms with van der Waals surface area (Å²) in [7, 11) is 1.61. The molecule has 0 spiro atoms. The van der Waals surface area contributed by atoms with Gasteiger partial charge in [0.2, 0.25) is 0 Å². The molecule has 4 nitrogen and oxygen atoms in total. The minimum atomic E-state index is 0.0430. The van der Waals surface area contributed by atoms with Gasteiger partial charge in [-0.05, 0) is 12.1 Å². The summed E-state index contributed by atoms with van der Waals surface area (Å²) in [6, 6.07) is 7.52. The van der Waals surface area contributed by atoms with Gasteiger partial charge in [-0.25, -0.2) is 4.98 Å². The van der Waals surface area contributed by atoms with Crippen LogP contribution < -0.4 is 4.74 Å². The lowest BCUT2D eigenvalue weighted by molar-refractivity contribution is 0.297. The maximum absolute atomic E-state index is 8.85. The lowest BCUT2D eigenvalue weighted by Gasteiger charge is -2.01. The molecule has 1 aromatic carbocycles. The van der Waals surface area contributed by atoms with E-state index < -0.39 is 0 Å². The van der Waals surface area contributed by atoms with Crippen molar-refractivity contribution in [3.05, 3.63) is 35.2 Å². The molecule has 0 fully saturated rings. The van der Waals surface area contributed by atoms with Gasteiger partial charge in [-0.3, -0.25) is 0 Å². The predicted molar refractivity (Wildman–Crippen MR) is 66.4 cm³/mol. The highest BCUT2D eigenvalue weighted by atomic mass is 35.5. The second kappa shape index (κ2) is 5.21. The van der Waals surface area contributed by atoms with Gasteiger partial charge in [0, 0.05) is 12.0 Å². The van der Waals surface area contributed by atoms with E-state index in [0.29, 0.717) is 23.1 Å². The number of hydrogen-bond donors (Lipinski definition) is 2. The average molecular weight is 253 g/mol. The van der Waals surface area contributed by atoms with Crippen LogP contribution in [0.25, 0.3) is 11.3 Å². The fourth-order valence-corrected chi connectivity index (χ4v) is 1.84. The quantitative estimate of drug-likeness (QED) is 0.878. The van der Waals surface area contributed by atoms with Crippen LogP contribution in [0, 0.1) is 0 Å². The first-order valence-corrected chi connectivity index (χ1v) is 5.62. The van der Waals surface area contributed by atoms with Crippen molar-refractivity contribution in [2.24, 2.45) is 0 Å². The van der Waals surface area contributed by atoms with Gasteiger partial charge >= 0.3 is 0 Å². The number of nitrogens with one attached hydrogen (secondary N) is 1. The number of halogens is 1. The Bertz CT molecular complexity index is 511. The fourth-order valence-electron chi connectivity index (χ4n) is 1.58. The Morgan fingerprint density at radius 3 is 3.00 bits per heavy atom. The number of methoxy groups -OCH3 is 1. The molecule has 1 heterocycles. The minimum Gasteiger partial charge on any atom is -0.497 e. The van der Waals surface area contributed by atoms with Crippen molar-refractivity contribution in [1.82, 2.24) is 9.97 Å². The summed E-state index contributed by atoms with van der Waals surface area (Å²) in [4.78, 5) is 7.28. The molecule has 0 aliphatic rings. The standard InChI is InChI=1S/C12H13ClN2O2/c1-17-9-4-2-3-8(7-9)11-12(13)15-10(14-11)5-6-16/h2-4,7,16H,5-6H2,1H3,(H,14,15). The number of aromatic nitrogens is 2. The van der Waals surface area contributed by atoms with E-state index in [1.165, 1.54) is 0 Å². The van der Waals surface area contributed by atoms with Gasteiger partial charge in [-0.15, -0.1) is 0 Å². The summed E-state index contributed by atoms with van der Waals surface area (Å²) in [5.41, 5.74) is 1.56. The lowest BCUT2D eigenvalue weighted by atomic mass is 10.1. The van der Waals surface area contributed by atoms with Crippen molar-refractivity contribution in [3.8, 4) is 17.0 Å². The summed E-state index contributed by atoms with van der Waals surface area (Å²) in [6.07, 6.45) is 0.462. The number of aromatic amines is 1. The molecule has 0 amide bonds. The molecule has 0 aliphatic carbocycles. The summed E-state index contributed by atoms with van der Waals surface area (Å²) >= 11 is 6.07. The van der Waals surface area contributed by atoms with Crippen molar-refractivity contribution in [2.45, 2.75) is 6.42 Å². The second-order valence-corrected chi connectivity index (χ2v) is 3.93. The molecule has 0 bridgehead atoms. The van der Waals surface area contributed by atoms with Gasteiger partial charge < -0.3 is 14.8 Å². The van der Waals surface area contributed by atoms with Crippen LogP contribution in [0.3, 0.4) is 0 Å². The molecule has 0 saturated heterocycles. The first-order valence-electron chi connectivity index (χ1n) is 5.24. The van der Waals surface area contributed by atoms with Gasteiger partial charge in [0.1, 0.15) is 22.4 Å². The number of nitrogens with zero attached hydrogens (tertiary/aromatic N) is 1. The zero-order valence-corrected chi connectivity index (χ0v) is 10.2. The fraction of sp³-hybridized carbons (Fsp3) is 0.250. The van der Waals surface area contributed by atoms with Crippen molar-refractivity contribution >= 4 is 11.6 Å². The number of H-pyrrole nitrogens is 1. The molecule has 1 aromatic heterocycles. The number of ether oxygens (including phenoxy) is 1. The zero-order chi connectivity index (χ0) is 12.3. The smallest absolute Gasteiger partial charge is 0.134 e. The van der Waals surface area contributed by atoms with Crippen LogP contribution in [0.2, 0.25) is 5.15 Å². The van der Waals surface area contributed by atoms with E-state index in [0.717, 1.165) is 11.3 Å². The Morgan fingerprint density at radius 2 is 2.29 bits per heavy atom. The summed E-state index contributed by atoms with van der Waals surface area (Å²) in [5, 5.41) is 9.32. The van der Waals surface area contributed by atoms with E-state index in [1.807, 2.05) is 24.3 Å². The number of benzene rings is 1. The topological polar surface area (TPSA) is 58.1 Å². The maximum Gasteiger partial charge on any atom is 0.134 e. The summed E-state index contributed by atoms with van der Waals surface area (Å²) < 4.78 is 5.15. The van der Waals surface area contributed by atoms with Crippen LogP contribution in [0.15, 0.2) is 24.3 Å². The molecule has 2 aromatic rings. The SMILES string of the molecule is COc1cccc(-c2nc(CCO)[nH]c2Cl)c1. The van der Waals surface area contributed by atoms with Crippen LogP contribution in [0.5, 0.6) is 5.75 Å². The highest BCUT2D eigenvalue weighted by Gasteiger charge is 2.10. The molecule has 0 aliphatic heterocycles. The Morgan fingerprint density at radius 1 is 1.47 bits per heavy atom. The van der Waals surface area contributed by atoms with Crippen LogP contribution in [-0.2, 0) is 6.42 Å². The van der Waals surface area contributed by atoms with Crippen LogP contribution in [-0.4, -0.2) is 28.8 Å². The molecule has 2 rings (SSSR count). The lowest BCUT2D eigenvalue weighted by Crippen LogP contribution is -1.92. The van der Waals surface area contributed by atoms with E-state index in [2.05, 4.69) is 9.97 Å². The Labute approximate surface area is 104 Å². The van der Waals surface area contributed by atoms with E-state index in [9.17, 15) is 0 Å². The molecular weight excluding hydrogens is 240 g/mol. The molecule has 0 atom stereocenters. The average Bonchev–Trinajstić information content (AvgIpc) is 2.71. The first-order chi connectivity index (χ1) is 8.24. The Kier molecular flexibility index (Phi) is 3.66. The van der Waals surface area contributed by atoms with Crippen LogP contribution >= 0.6 is 11.6 Å². The van der Waals surface area contributed by atoms with E-state index >= 15 is 0 Å². The van der Waals surface area contributed by atoms with Gasteiger partial charge in [0.05, 0.1) is 13.7 Å². The Balaban J connectivity index is 2.37. The van der Waals surface area contributed by atoms with Crippen molar-refractivity contribution in [1.29, 1.82) is 0 Å². The normalized spacial score (nSPS) is 10.5. The number of rotatable bonds is 4. The molecule has 0 radical (unpaired) electrons. The summed E-state index contributed by atoms with van der Waals surface area (Å²) in [6.45, 7) is 0.0430. The second-order valence-electron chi connectivity index (χ2n) is 3.55. The zero-order valence-electron chi connectivity index (χ0n) is 9.40.